The summed E-state index contributed by atoms with van der Waals surface area (Å²) in [6.45, 7) is 1.98. The molecule has 3 N–H and O–H groups in total. The lowest BCUT2D eigenvalue weighted by Crippen LogP contribution is -2.44. The highest BCUT2D eigenvalue weighted by molar-refractivity contribution is 7.99. The zero-order valence-corrected chi connectivity index (χ0v) is 15.9. The molecule has 2 rings (SSSR count). The number of hydrogen-bond donors (Lipinski definition) is 3. The third kappa shape index (κ3) is 5.99. The van der Waals surface area contributed by atoms with Crippen molar-refractivity contribution < 1.29 is 24.3 Å². The van der Waals surface area contributed by atoms with Crippen molar-refractivity contribution in [2.75, 3.05) is 23.5 Å². The number of hydrogen-bond acceptors (Lipinski definition) is 5. The number of carbonyl (C=O) groups excluding carboxylic acids is 3. The first-order valence-corrected chi connectivity index (χ1v) is 9.86. The summed E-state index contributed by atoms with van der Waals surface area (Å²) in [5.74, 6) is -0.542. The molecule has 1 atom stereocenters. The van der Waals surface area contributed by atoms with Crippen LogP contribution in [0.3, 0.4) is 0 Å². The molecule has 3 amide bonds. The normalized spacial score (nSPS) is 16.0. The third-order valence-corrected chi connectivity index (χ3v) is 5.02. The number of carboxylic acids is 1. The van der Waals surface area contributed by atoms with E-state index in [0.29, 0.717) is 29.3 Å². The SMILES string of the molecule is CCCC(=O)N1CSCC1C(=O)Nc1ccc(C(=O)NCCC(=O)O)cc1. The van der Waals surface area contributed by atoms with Crippen molar-refractivity contribution in [1.29, 1.82) is 0 Å². The van der Waals surface area contributed by atoms with Crippen LogP contribution in [0.5, 0.6) is 0 Å². The number of aliphatic carboxylic acids is 1. The highest BCUT2D eigenvalue weighted by atomic mass is 32.2. The average molecular weight is 393 g/mol. The van der Waals surface area contributed by atoms with Crippen LogP contribution >= 0.6 is 11.8 Å². The molecule has 0 spiro atoms. The van der Waals surface area contributed by atoms with Crippen molar-refractivity contribution >= 4 is 41.1 Å². The van der Waals surface area contributed by atoms with Crippen molar-refractivity contribution in [2.45, 2.75) is 32.2 Å². The number of carboxylic acid groups (broad SMARTS) is 1. The molecule has 1 heterocycles. The van der Waals surface area contributed by atoms with E-state index >= 15 is 0 Å². The lowest BCUT2D eigenvalue weighted by Gasteiger charge is -2.23. The molecular weight excluding hydrogens is 370 g/mol. The summed E-state index contributed by atoms with van der Waals surface area (Å²) in [6.07, 6.45) is 1.02. The van der Waals surface area contributed by atoms with Gasteiger partial charge in [0.1, 0.15) is 6.04 Å². The number of rotatable bonds is 8. The largest absolute Gasteiger partial charge is 0.481 e. The van der Waals surface area contributed by atoms with Gasteiger partial charge in [-0.15, -0.1) is 11.8 Å². The quantitative estimate of drug-likeness (QED) is 0.617. The van der Waals surface area contributed by atoms with Gasteiger partial charge in [-0.2, -0.15) is 0 Å². The molecule has 1 saturated heterocycles. The van der Waals surface area contributed by atoms with E-state index in [1.165, 1.54) is 0 Å². The number of anilines is 1. The Morgan fingerprint density at radius 3 is 2.52 bits per heavy atom. The van der Waals surface area contributed by atoms with Crippen molar-refractivity contribution in [2.24, 2.45) is 0 Å². The second-order valence-electron chi connectivity index (χ2n) is 6.10. The van der Waals surface area contributed by atoms with E-state index in [0.717, 1.165) is 6.42 Å². The minimum atomic E-state index is -0.982. The Kier molecular flexibility index (Phi) is 7.66. The van der Waals surface area contributed by atoms with Gasteiger partial charge in [0.25, 0.3) is 5.91 Å². The topological polar surface area (TPSA) is 116 Å². The number of nitrogens with one attached hydrogen (secondary N) is 2. The Morgan fingerprint density at radius 1 is 1.19 bits per heavy atom. The van der Waals surface area contributed by atoms with Gasteiger partial charge >= 0.3 is 5.97 Å². The lowest BCUT2D eigenvalue weighted by molar-refractivity contribution is -0.137. The van der Waals surface area contributed by atoms with Crippen LogP contribution in [-0.2, 0) is 14.4 Å². The van der Waals surface area contributed by atoms with E-state index < -0.39 is 12.0 Å². The van der Waals surface area contributed by atoms with E-state index in [9.17, 15) is 19.2 Å². The van der Waals surface area contributed by atoms with Gasteiger partial charge in [-0.25, -0.2) is 0 Å². The van der Waals surface area contributed by atoms with Crippen LogP contribution in [0.15, 0.2) is 24.3 Å². The monoisotopic (exact) mass is 393 g/mol. The molecule has 27 heavy (non-hydrogen) atoms. The molecule has 0 aliphatic carbocycles. The van der Waals surface area contributed by atoms with Crippen LogP contribution in [0.4, 0.5) is 5.69 Å². The molecule has 1 aromatic carbocycles. The smallest absolute Gasteiger partial charge is 0.305 e. The Hall–Kier alpha value is -2.55. The molecule has 1 aliphatic rings. The fourth-order valence-corrected chi connectivity index (χ4v) is 3.76. The fraction of sp³-hybridized carbons (Fsp3) is 0.444. The van der Waals surface area contributed by atoms with Crippen molar-refractivity contribution in [3.63, 3.8) is 0 Å². The maximum Gasteiger partial charge on any atom is 0.305 e. The highest BCUT2D eigenvalue weighted by Gasteiger charge is 2.34. The average Bonchev–Trinajstić information content (AvgIpc) is 3.12. The Balaban J connectivity index is 1.91. The molecule has 8 nitrogen and oxygen atoms in total. The number of nitrogens with zero attached hydrogens (tertiary/aromatic N) is 1. The fourth-order valence-electron chi connectivity index (χ4n) is 2.58. The second-order valence-corrected chi connectivity index (χ2v) is 7.10. The molecule has 1 aromatic rings. The first-order chi connectivity index (χ1) is 12.9. The number of benzene rings is 1. The molecule has 1 fully saturated rings. The molecule has 0 radical (unpaired) electrons. The molecule has 0 saturated carbocycles. The van der Waals surface area contributed by atoms with Crippen molar-refractivity contribution in [3.05, 3.63) is 29.8 Å². The van der Waals surface area contributed by atoms with Gasteiger partial charge in [0.2, 0.25) is 11.8 Å². The Morgan fingerprint density at radius 2 is 1.89 bits per heavy atom. The predicted molar refractivity (Wildman–Crippen MR) is 103 cm³/mol. The number of carbonyl (C=O) groups is 4. The zero-order valence-electron chi connectivity index (χ0n) is 15.1. The highest BCUT2D eigenvalue weighted by Crippen LogP contribution is 2.23. The molecule has 0 bridgehead atoms. The van der Waals surface area contributed by atoms with Crippen molar-refractivity contribution in [1.82, 2.24) is 10.2 Å². The summed E-state index contributed by atoms with van der Waals surface area (Å²) in [5.41, 5.74) is 0.899. The van der Waals surface area contributed by atoms with Crippen LogP contribution in [0.1, 0.15) is 36.5 Å². The van der Waals surface area contributed by atoms with Gasteiger partial charge in [0, 0.05) is 30.0 Å². The van der Waals surface area contributed by atoms with Gasteiger partial charge in [0.05, 0.1) is 12.3 Å². The van der Waals surface area contributed by atoms with Gasteiger partial charge in [0.15, 0.2) is 0 Å². The van der Waals surface area contributed by atoms with Gasteiger partial charge in [-0.1, -0.05) is 6.92 Å². The van der Waals surface area contributed by atoms with E-state index in [1.807, 2.05) is 6.92 Å². The summed E-state index contributed by atoms with van der Waals surface area (Å²) in [4.78, 5) is 48.6. The van der Waals surface area contributed by atoms with Crippen LogP contribution in [0.25, 0.3) is 0 Å². The number of thioether (sulfide) groups is 1. The first kappa shape index (κ1) is 20.8. The lowest BCUT2D eigenvalue weighted by atomic mass is 10.1. The second kappa shape index (κ2) is 9.96. The molecule has 0 aromatic heterocycles. The summed E-state index contributed by atoms with van der Waals surface area (Å²) in [5, 5.41) is 13.9. The zero-order chi connectivity index (χ0) is 19.8. The Bertz CT molecular complexity index is 707. The summed E-state index contributed by atoms with van der Waals surface area (Å²) < 4.78 is 0. The van der Waals surface area contributed by atoms with Crippen LogP contribution < -0.4 is 10.6 Å². The molecular formula is C18H23N3O5S. The standard InChI is InChI=1S/C18H23N3O5S/c1-2-3-15(22)21-11-27-10-14(21)18(26)20-13-6-4-12(5-7-13)17(25)19-9-8-16(23)24/h4-7,14H,2-3,8-11H2,1H3,(H,19,25)(H,20,26)(H,23,24). The minimum Gasteiger partial charge on any atom is -0.481 e. The maximum atomic E-state index is 12.5. The van der Waals surface area contributed by atoms with Crippen LogP contribution in [0, 0.1) is 0 Å². The minimum absolute atomic E-state index is 0.0176. The van der Waals surface area contributed by atoms with Crippen LogP contribution in [0.2, 0.25) is 0 Å². The molecule has 1 unspecified atom stereocenters. The summed E-state index contributed by atoms with van der Waals surface area (Å²) >= 11 is 1.55. The van der Waals surface area contributed by atoms with Gasteiger partial charge in [-0.05, 0) is 30.7 Å². The van der Waals surface area contributed by atoms with E-state index in [-0.39, 0.29) is 30.7 Å². The van der Waals surface area contributed by atoms with E-state index in [2.05, 4.69) is 10.6 Å². The summed E-state index contributed by atoms with van der Waals surface area (Å²) in [6, 6.07) is 5.81. The van der Waals surface area contributed by atoms with Crippen molar-refractivity contribution in [3.8, 4) is 0 Å². The number of amides is 3. The molecule has 146 valence electrons. The van der Waals surface area contributed by atoms with E-state index in [4.69, 9.17) is 5.11 Å². The Labute approximate surface area is 161 Å². The van der Waals surface area contributed by atoms with E-state index in [1.54, 1.807) is 40.9 Å². The van der Waals surface area contributed by atoms with Crippen LogP contribution in [-0.4, -0.2) is 57.9 Å². The predicted octanol–water partition coefficient (Wildman–Crippen LogP) is 1.53. The van der Waals surface area contributed by atoms with Gasteiger partial charge in [-0.3, -0.25) is 19.2 Å². The van der Waals surface area contributed by atoms with Gasteiger partial charge < -0.3 is 20.6 Å². The summed E-state index contributed by atoms with van der Waals surface area (Å²) in [7, 11) is 0. The molecule has 9 heteroatoms. The first-order valence-electron chi connectivity index (χ1n) is 8.70. The third-order valence-electron chi connectivity index (χ3n) is 4.01. The maximum absolute atomic E-state index is 12.5. The molecule has 1 aliphatic heterocycles.